The van der Waals surface area contributed by atoms with Crippen LogP contribution in [0.1, 0.15) is 22.5 Å². The summed E-state index contributed by atoms with van der Waals surface area (Å²) in [4.78, 5) is 20.9. The summed E-state index contributed by atoms with van der Waals surface area (Å²) in [5.74, 6) is -0.896. The highest BCUT2D eigenvalue weighted by Gasteiger charge is 2.07. The smallest absolute Gasteiger partial charge is 0.338 e. The van der Waals surface area contributed by atoms with Crippen LogP contribution in [-0.2, 0) is 11.3 Å². The van der Waals surface area contributed by atoms with Crippen molar-refractivity contribution in [3.05, 3.63) is 23.7 Å². The van der Waals surface area contributed by atoms with Gasteiger partial charge < -0.3 is 20.6 Å². The summed E-state index contributed by atoms with van der Waals surface area (Å²) in [5.41, 5.74) is 5.05. The molecule has 0 spiro atoms. The van der Waals surface area contributed by atoms with Crippen molar-refractivity contribution in [2.45, 2.75) is 13.0 Å². The van der Waals surface area contributed by atoms with Crippen molar-refractivity contribution in [2.24, 2.45) is 5.73 Å². The minimum absolute atomic E-state index is 0.113. The predicted octanol–water partition coefficient (Wildman–Crippen LogP) is -0.0572. The number of aromatic carboxylic acids is 1. The van der Waals surface area contributed by atoms with Crippen molar-refractivity contribution >= 4 is 11.9 Å². The van der Waals surface area contributed by atoms with Gasteiger partial charge >= 0.3 is 5.97 Å². The van der Waals surface area contributed by atoms with Crippen molar-refractivity contribution in [1.82, 2.24) is 5.32 Å². The van der Waals surface area contributed by atoms with Crippen LogP contribution in [0, 0.1) is 0 Å². The Morgan fingerprint density at radius 1 is 1.53 bits per heavy atom. The molecule has 0 saturated heterocycles. The van der Waals surface area contributed by atoms with E-state index in [1.807, 2.05) is 0 Å². The van der Waals surface area contributed by atoms with E-state index in [-0.39, 0.29) is 17.9 Å². The fourth-order valence-corrected chi connectivity index (χ4v) is 1.01. The summed E-state index contributed by atoms with van der Waals surface area (Å²) in [7, 11) is 0. The largest absolute Gasteiger partial charge is 0.478 e. The Morgan fingerprint density at radius 3 is 2.80 bits per heavy atom. The molecule has 0 aliphatic rings. The van der Waals surface area contributed by atoms with Crippen molar-refractivity contribution in [3.63, 3.8) is 0 Å². The summed E-state index contributed by atoms with van der Waals surface area (Å²) < 4.78 is 4.97. The SMILES string of the molecule is NC(=O)CCNCc1cc(C(=O)O)co1. The lowest BCUT2D eigenvalue weighted by Gasteiger charge is -1.98. The van der Waals surface area contributed by atoms with Crippen molar-refractivity contribution in [2.75, 3.05) is 6.54 Å². The van der Waals surface area contributed by atoms with E-state index in [2.05, 4.69) is 5.32 Å². The summed E-state index contributed by atoms with van der Waals surface area (Å²) in [5, 5.41) is 11.5. The van der Waals surface area contributed by atoms with E-state index in [0.29, 0.717) is 18.8 Å². The number of hydrogen-bond donors (Lipinski definition) is 3. The number of carbonyl (C=O) groups excluding carboxylic acids is 1. The second-order valence-corrected chi connectivity index (χ2v) is 3.00. The molecule has 6 heteroatoms. The number of carboxylic acids is 1. The highest BCUT2D eigenvalue weighted by molar-refractivity contribution is 5.87. The Kier molecular flexibility index (Phi) is 3.87. The van der Waals surface area contributed by atoms with Gasteiger partial charge in [0.2, 0.25) is 5.91 Å². The lowest BCUT2D eigenvalue weighted by Crippen LogP contribution is -2.21. The second-order valence-electron chi connectivity index (χ2n) is 3.00. The molecule has 0 aromatic carbocycles. The number of amides is 1. The molecule has 0 unspecified atom stereocenters. The molecule has 0 aliphatic heterocycles. The number of nitrogens with one attached hydrogen (secondary N) is 1. The van der Waals surface area contributed by atoms with Gasteiger partial charge in [-0.1, -0.05) is 0 Å². The first-order chi connectivity index (χ1) is 7.09. The first-order valence-corrected chi connectivity index (χ1v) is 4.39. The quantitative estimate of drug-likeness (QED) is 0.573. The highest BCUT2D eigenvalue weighted by atomic mass is 16.4. The second kappa shape index (κ2) is 5.16. The monoisotopic (exact) mass is 212 g/mol. The molecule has 0 aliphatic carbocycles. The summed E-state index contributed by atoms with van der Waals surface area (Å²) in [6.45, 7) is 0.818. The minimum atomic E-state index is -1.03. The molecule has 1 heterocycles. The van der Waals surface area contributed by atoms with Gasteiger partial charge in [-0.05, 0) is 6.07 Å². The molecule has 0 atom stereocenters. The molecule has 0 saturated carbocycles. The standard InChI is InChI=1S/C9H12N2O4/c10-8(12)1-2-11-4-7-3-6(5-15-7)9(13)14/h3,5,11H,1-2,4H2,(H2,10,12)(H,13,14). The van der Waals surface area contributed by atoms with E-state index in [1.165, 1.54) is 12.3 Å². The molecule has 1 aromatic rings. The van der Waals surface area contributed by atoms with E-state index in [9.17, 15) is 9.59 Å². The summed E-state index contributed by atoms with van der Waals surface area (Å²) >= 11 is 0. The fraction of sp³-hybridized carbons (Fsp3) is 0.333. The summed E-state index contributed by atoms with van der Waals surface area (Å²) in [6.07, 6.45) is 1.42. The number of carbonyl (C=O) groups is 2. The molecular formula is C9H12N2O4. The number of furan rings is 1. The third-order valence-electron chi connectivity index (χ3n) is 1.75. The molecule has 1 rings (SSSR count). The van der Waals surface area contributed by atoms with Crippen molar-refractivity contribution in [1.29, 1.82) is 0 Å². The number of primary amides is 1. The Bertz CT molecular complexity index is 359. The van der Waals surface area contributed by atoms with E-state index in [1.54, 1.807) is 0 Å². The molecule has 4 N–H and O–H groups in total. The Balaban J connectivity index is 2.31. The normalized spacial score (nSPS) is 10.1. The molecule has 6 nitrogen and oxygen atoms in total. The molecule has 15 heavy (non-hydrogen) atoms. The van der Waals surface area contributed by atoms with Crippen LogP contribution in [0.3, 0.4) is 0 Å². The van der Waals surface area contributed by atoms with Crippen molar-refractivity contribution in [3.8, 4) is 0 Å². The van der Waals surface area contributed by atoms with Gasteiger partial charge in [0.25, 0.3) is 0 Å². The maximum Gasteiger partial charge on any atom is 0.338 e. The van der Waals surface area contributed by atoms with Gasteiger partial charge in [-0.3, -0.25) is 4.79 Å². The molecule has 0 radical (unpaired) electrons. The van der Waals surface area contributed by atoms with Crippen LogP contribution in [0.5, 0.6) is 0 Å². The summed E-state index contributed by atoms with van der Waals surface area (Å²) in [6, 6.07) is 1.43. The van der Waals surface area contributed by atoms with Gasteiger partial charge in [-0.15, -0.1) is 0 Å². The molecular weight excluding hydrogens is 200 g/mol. The Hall–Kier alpha value is -1.82. The van der Waals surface area contributed by atoms with Crippen LogP contribution in [0.2, 0.25) is 0 Å². The van der Waals surface area contributed by atoms with Gasteiger partial charge in [0.05, 0.1) is 12.1 Å². The molecule has 0 bridgehead atoms. The molecule has 0 fully saturated rings. The van der Waals surface area contributed by atoms with E-state index < -0.39 is 5.97 Å². The Labute approximate surface area is 86.1 Å². The van der Waals surface area contributed by atoms with E-state index >= 15 is 0 Å². The number of hydrogen-bond acceptors (Lipinski definition) is 4. The third kappa shape index (κ3) is 3.82. The average Bonchev–Trinajstić information content (AvgIpc) is 2.60. The van der Waals surface area contributed by atoms with Crippen LogP contribution in [0.25, 0.3) is 0 Å². The van der Waals surface area contributed by atoms with Crippen LogP contribution >= 0.6 is 0 Å². The van der Waals surface area contributed by atoms with Gasteiger partial charge in [0.15, 0.2) is 0 Å². The topological polar surface area (TPSA) is 106 Å². The molecule has 1 aromatic heterocycles. The van der Waals surface area contributed by atoms with Gasteiger partial charge in [0, 0.05) is 13.0 Å². The van der Waals surface area contributed by atoms with Crippen LogP contribution in [0.4, 0.5) is 0 Å². The predicted molar refractivity (Wildman–Crippen MR) is 51.2 cm³/mol. The van der Waals surface area contributed by atoms with E-state index in [0.717, 1.165) is 0 Å². The van der Waals surface area contributed by atoms with Crippen molar-refractivity contribution < 1.29 is 19.1 Å². The maximum absolute atomic E-state index is 10.5. The van der Waals surface area contributed by atoms with Crippen LogP contribution < -0.4 is 11.1 Å². The first kappa shape index (κ1) is 11.3. The van der Waals surface area contributed by atoms with E-state index in [4.69, 9.17) is 15.3 Å². The fourth-order valence-electron chi connectivity index (χ4n) is 1.01. The zero-order chi connectivity index (χ0) is 11.3. The van der Waals surface area contributed by atoms with Gasteiger partial charge in [-0.25, -0.2) is 4.79 Å². The molecule has 1 amide bonds. The zero-order valence-electron chi connectivity index (χ0n) is 8.03. The third-order valence-corrected chi connectivity index (χ3v) is 1.75. The average molecular weight is 212 g/mol. The number of carboxylic acid groups (broad SMARTS) is 1. The van der Waals surface area contributed by atoms with Crippen LogP contribution in [-0.4, -0.2) is 23.5 Å². The van der Waals surface area contributed by atoms with Crippen LogP contribution in [0.15, 0.2) is 16.7 Å². The first-order valence-electron chi connectivity index (χ1n) is 4.39. The number of nitrogens with two attached hydrogens (primary N) is 1. The zero-order valence-corrected chi connectivity index (χ0v) is 8.03. The van der Waals surface area contributed by atoms with Gasteiger partial charge in [-0.2, -0.15) is 0 Å². The number of rotatable bonds is 6. The lowest BCUT2D eigenvalue weighted by molar-refractivity contribution is -0.117. The highest BCUT2D eigenvalue weighted by Crippen LogP contribution is 2.07. The lowest BCUT2D eigenvalue weighted by atomic mass is 10.3. The minimum Gasteiger partial charge on any atom is -0.478 e. The maximum atomic E-state index is 10.5. The van der Waals surface area contributed by atoms with Gasteiger partial charge in [0.1, 0.15) is 12.0 Å². The Morgan fingerprint density at radius 2 is 2.27 bits per heavy atom. The molecule has 82 valence electrons.